The first-order valence-corrected chi connectivity index (χ1v) is 5.60. The fraction of sp³-hybridized carbons (Fsp3) is 0.417. The molecule has 0 unspecified atom stereocenters. The summed E-state index contributed by atoms with van der Waals surface area (Å²) in [7, 11) is 0. The van der Waals surface area contributed by atoms with E-state index in [1.807, 2.05) is 31.2 Å². The zero-order chi connectivity index (χ0) is 11.8. The van der Waals surface area contributed by atoms with Gasteiger partial charge in [0.1, 0.15) is 0 Å². The maximum atomic E-state index is 11.5. The van der Waals surface area contributed by atoms with Crippen molar-refractivity contribution in [2.75, 3.05) is 25.0 Å². The Balaban J connectivity index is 2.50. The van der Waals surface area contributed by atoms with E-state index in [1.54, 1.807) is 0 Å². The van der Waals surface area contributed by atoms with Gasteiger partial charge >= 0.3 is 0 Å². The van der Waals surface area contributed by atoms with Crippen LogP contribution in [0.5, 0.6) is 0 Å². The highest BCUT2D eigenvalue weighted by molar-refractivity contribution is 5.94. The molecule has 0 aliphatic carbocycles. The molecular formula is C12H19N3O. The van der Waals surface area contributed by atoms with Gasteiger partial charge in [-0.25, -0.2) is 0 Å². The van der Waals surface area contributed by atoms with Gasteiger partial charge in [-0.15, -0.1) is 0 Å². The summed E-state index contributed by atoms with van der Waals surface area (Å²) in [5, 5.41) is 5.99. The van der Waals surface area contributed by atoms with Crippen LogP contribution in [0.3, 0.4) is 0 Å². The molecule has 1 aromatic carbocycles. The molecule has 88 valence electrons. The molecule has 0 aromatic heterocycles. The monoisotopic (exact) mass is 221 g/mol. The Bertz CT molecular complexity index is 322. The van der Waals surface area contributed by atoms with Gasteiger partial charge in [-0.1, -0.05) is 0 Å². The second kappa shape index (κ2) is 6.85. The van der Waals surface area contributed by atoms with Gasteiger partial charge in [0.2, 0.25) is 0 Å². The molecule has 4 nitrogen and oxygen atoms in total. The molecule has 0 fully saturated rings. The Morgan fingerprint density at radius 1 is 1.31 bits per heavy atom. The van der Waals surface area contributed by atoms with Gasteiger partial charge in [-0.3, -0.25) is 4.79 Å². The second-order valence-electron chi connectivity index (χ2n) is 3.51. The zero-order valence-corrected chi connectivity index (χ0v) is 9.62. The summed E-state index contributed by atoms with van der Waals surface area (Å²) in [5.74, 6) is -0.0315. The van der Waals surface area contributed by atoms with E-state index < -0.39 is 0 Å². The first-order chi connectivity index (χ1) is 7.77. The van der Waals surface area contributed by atoms with Crippen LogP contribution >= 0.6 is 0 Å². The topological polar surface area (TPSA) is 67.2 Å². The average Bonchev–Trinajstić information content (AvgIpc) is 2.30. The summed E-state index contributed by atoms with van der Waals surface area (Å²) in [6, 6.07) is 7.44. The van der Waals surface area contributed by atoms with E-state index in [9.17, 15) is 4.79 Å². The predicted octanol–water partition coefficient (Wildman–Crippen LogP) is 1.20. The standard InChI is InChI=1S/C12H19N3O/c1-2-14-12(16)10-4-6-11(7-5-10)15-9-3-8-13/h4-7,15H,2-3,8-9,13H2,1H3,(H,14,16). The summed E-state index contributed by atoms with van der Waals surface area (Å²) < 4.78 is 0. The van der Waals surface area contributed by atoms with Crippen LogP contribution in [0.2, 0.25) is 0 Å². The lowest BCUT2D eigenvalue weighted by Crippen LogP contribution is -2.22. The van der Waals surface area contributed by atoms with Crippen molar-refractivity contribution in [2.45, 2.75) is 13.3 Å². The van der Waals surface area contributed by atoms with Crippen molar-refractivity contribution in [3.63, 3.8) is 0 Å². The third-order valence-electron chi connectivity index (χ3n) is 2.19. The summed E-state index contributed by atoms with van der Waals surface area (Å²) >= 11 is 0. The van der Waals surface area contributed by atoms with Crippen LogP contribution in [0.15, 0.2) is 24.3 Å². The second-order valence-corrected chi connectivity index (χ2v) is 3.51. The van der Waals surface area contributed by atoms with E-state index in [1.165, 1.54) is 0 Å². The van der Waals surface area contributed by atoms with E-state index in [0.717, 1.165) is 18.7 Å². The first-order valence-electron chi connectivity index (χ1n) is 5.60. The predicted molar refractivity (Wildman–Crippen MR) is 66.6 cm³/mol. The highest BCUT2D eigenvalue weighted by Gasteiger charge is 2.02. The highest BCUT2D eigenvalue weighted by Crippen LogP contribution is 2.09. The van der Waals surface area contributed by atoms with E-state index >= 15 is 0 Å². The molecule has 0 radical (unpaired) electrons. The fourth-order valence-corrected chi connectivity index (χ4v) is 1.34. The largest absolute Gasteiger partial charge is 0.385 e. The quantitative estimate of drug-likeness (QED) is 0.632. The Kier molecular flexibility index (Phi) is 5.36. The molecule has 0 aliphatic heterocycles. The molecule has 0 bridgehead atoms. The molecular weight excluding hydrogens is 202 g/mol. The lowest BCUT2D eigenvalue weighted by Gasteiger charge is -2.06. The number of carbonyl (C=O) groups is 1. The minimum absolute atomic E-state index is 0.0315. The third-order valence-corrected chi connectivity index (χ3v) is 2.19. The maximum Gasteiger partial charge on any atom is 0.251 e. The van der Waals surface area contributed by atoms with Gasteiger partial charge < -0.3 is 16.4 Å². The fourth-order valence-electron chi connectivity index (χ4n) is 1.34. The van der Waals surface area contributed by atoms with Crippen LogP contribution < -0.4 is 16.4 Å². The Hall–Kier alpha value is -1.55. The van der Waals surface area contributed by atoms with Gasteiger partial charge in [0, 0.05) is 24.3 Å². The van der Waals surface area contributed by atoms with Crippen LogP contribution in [-0.4, -0.2) is 25.5 Å². The number of carbonyl (C=O) groups excluding carboxylic acids is 1. The molecule has 1 aromatic rings. The number of nitrogens with one attached hydrogen (secondary N) is 2. The number of rotatable bonds is 6. The van der Waals surface area contributed by atoms with Gasteiger partial charge in [0.05, 0.1) is 0 Å². The summed E-state index contributed by atoms with van der Waals surface area (Å²) in [6.07, 6.45) is 0.943. The number of amides is 1. The molecule has 1 rings (SSSR count). The van der Waals surface area contributed by atoms with Crippen molar-refractivity contribution >= 4 is 11.6 Å². The zero-order valence-electron chi connectivity index (χ0n) is 9.62. The molecule has 0 saturated carbocycles. The van der Waals surface area contributed by atoms with Gasteiger partial charge in [-0.05, 0) is 44.2 Å². The van der Waals surface area contributed by atoms with E-state index in [4.69, 9.17) is 5.73 Å². The van der Waals surface area contributed by atoms with Crippen molar-refractivity contribution in [1.82, 2.24) is 5.32 Å². The van der Waals surface area contributed by atoms with Gasteiger partial charge in [0.15, 0.2) is 0 Å². The van der Waals surface area contributed by atoms with Gasteiger partial charge in [-0.2, -0.15) is 0 Å². The van der Waals surface area contributed by atoms with E-state index in [2.05, 4.69) is 10.6 Å². The average molecular weight is 221 g/mol. The highest BCUT2D eigenvalue weighted by atomic mass is 16.1. The molecule has 0 atom stereocenters. The molecule has 0 aliphatic rings. The van der Waals surface area contributed by atoms with E-state index in [-0.39, 0.29) is 5.91 Å². The molecule has 1 amide bonds. The Morgan fingerprint density at radius 3 is 2.56 bits per heavy atom. The number of benzene rings is 1. The Labute approximate surface area is 96.2 Å². The molecule has 0 heterocycles. The first kappa shape index (κ1) is 12.5. The lowest BCUT2D eigenvalue weighted by molar-refractivity contribution is 0.0956. The van der Waals surface area contributed by atoms with Crippen molar-refractivity contribution in [1.29, 1.82) is 0 Å². The van der Waals surface area contributed by atoms with E-state index in [0.29, 0.717) is 18.7 Å². The van der Waals surface area contributed by atoms with Crippen molar-refractivity contribution in [3.8, 4) is 0 Å². The SMILES string of the molecule is CCNC(=O)c1ccc(NCCCN)cc1. The van der Waals surface area contributed by atoms with Crippen LogP contribution in [0.1, 0.15) is 23.7 Å². The summed E-state index contributed by atoms with van der Waals surface area (Å²) in [6.45, 7) is 4.09. The lowest BCUT2D eigenvalue weighted by atomic mass is 10.2. The van der Waals surface area contributed by atoms with Crippen molar-refractivity contribution in [3.05, 3.63) is 29.8 Å². The van der Waals surface area contributed by atoms with Crippen LogP contribution in [0.25, 0.3) is 0 Å². The number of anilines is 1. The smallest absolute Gasteiger partial charge is 0.251 e. The maximum absolute atomic E-state index is 11.5. The van der Waals surface area contributed by atoms with Crippen molar-refractivity contribution < 1.29 is 4.79 Å². The van der Waals surface area contributed by atoms with Crippen LogP contribution in [-0.2, 0) is 0 Å². The molecule has 4 heteroatoms. The number of hydrogen-bond donors (Lipinski definition) is 3. The molecule has 0 saturated heterocycles. The van der Waals surface area contributed by atoms with Crippen LogP contribution in [0, 0.1) is 0 Å². The minimum atomic E-state index is -0.0315. The van der Waals surface area contributed by atoms with Crippen LogP contribution in [0.4, 0.5) is 5.69 Å². The minimum Gasteiger partial charge on any atom is -0.385 e. The van der Waals surface area contributed by atoms with Crippen molar-refractivity contribution in [2.24, 2.45) is 5.73 Å². The molecule has 4 N–H and O–H groups in total. The number of nitrogens with two attached hydrogens (primary N) is 1. The number of hydrogen-bond acceptors (Lipinski definition) is 3. The normalized spacial score (nSPS) is 9.88. The summed E-state index contributed by atoms with van der Waals surface area (Å²) in [4.78, 5) is 11.5. The van der Waals surface area contributed by atoms with Gasteiger partial charge in [0.25, 0.3) is 5.91 Å². The third kappa shape index (κ3) is 3.90. The molecule has 0 spiro atoms. The molecule has 16 heavy (non-hydrogen) atoms. The summed E-state index contributed by atoms with van der Waals surface area (Å²) in [5.41, 5.74) is 7.10. The Morgan fingerprint density at radius 2 is 2.00 bits per heavy atom.